The molecule has 0 unspecified atom stereocenters. The highest BCUT2D eigenvalue weighted by Gasteiger charge is 2.28. The zero-order valence-electron chi connectivity index (χ0n) is 18.1. The van der Waals surface area contributed by atoms with E-state index in [1.54, 1.807) is 0 Å². The third-order valence-corrected chi connectivity index (χ3v) is 7.06. The highest BCUT2D eigenvalue weighted by Crippen LogP contribution is 2.38. The third kappa shape index (κ3) is 4.91. The molecule has 0 spiro atoms. The number of aromatic nitrogens is 2. The van der Waals surface area contributed by atoms with Crippen molar-refractivity contribution in [1.82, 2.24) is 15.0 Å². The molecule has 30 heavy (non-hydrogen) atoms. The predicted octanol–water partition coefficient (Wildman–Crippen LogP) is 4.96. The van der Waals surface area contributed by atoms with Crippen LogP contribution < -0.4 is 0 Å². The fourth-order valence-corrected chi connectivity index (χ4v) is 4.91. The van der Waals surface area contributed by atoms with E-state index in [2.05, 4.69) is 48.2 Å². The van der Waals surface area contributed by atoms with E-state index < -0.39 is 5.97 Å². The lowest BCUT2D eigenvalue weighted by Gasteiger charge is -2.30. The second kappa shape index (κ2) is 9.29. The standard InChI is InChI=1S/C24H33N3O3/c1-16(2)18-7-9-20(10-8-18)23-25-22(26-30-23)19-5-3-17(4-6-19)15-27-13-11-21(12-14-27)24(28)29/h3-6,16,18,20-21H,7-15H2,1-2H3,(H,28,29). The lowest BCUT2D eigenvalue weighted by Crippen LogP contribution is -2.35. The van der Waals surface area contributed by atoms with Gasteiger partial charge in [0.15, 0.2) is 0 Å². The molecule has 1 aromatic heterocycles. The second-order valence-corrected chi connectivity index (χ2v) is 9.40. The van der Waals surface area contributed by atoms with Crippen LogP contribution in [0.5, 0.6) is 0 Å². The first-order chi connectivity index (χ1) is 14.5. The maximum absolute atomic E-state index is 11.1. The summed E-state index contributed by atoms with van der Waals surface area (Å²) >= 11 is 0. The number of rotatable bonds is 6. The summed E-state index contributed by atoms with van der Waals surface area (Å²) in [6.07, 6.45) is 6.25. The number of carboxylic acid groups (broad SMARTS) is 1. The predicted molar refractivity (Wildman–Crippen MR) is 115 cm³/mol. The molecule has 0 bridgehead atoms. The number of aliphatic carboxylic acids is 1. The van der Waals surface area contributed by atoms with E-state index in [1.165, 1.54) is 18.4 Å². The molecular formula is C24H33N3O3. The average Bonchev–Trinajstić information content (AvgIpc) is 3.25. The van der Waals surface area contributed by atoms with Gasteiger partial charge < -0.3 is 9.63 Å². The summed E-state index contributed by atoms with van der Waals surface area (Å²) in [6.45, 7) is 7.16. The van der Waals surface area contributed by atoms with Crippen molar-refractivity contribution in [3.8, 4) is 11.4 Å². The van der Waals surface area contributed by atoms with Gasteiger partial charge in [-0.15, -0.1) is 0 Å². The van der Waals surface area contributed by atoms with Gasteiger partial charge in [0.05, 0.1) is 5.92 Å². The van der Waals surface area contributed by atoms with Gasteiger partial charge in [0, 0.05) is 18.0 Å². The van der Waals surface area contributed by atoms with Crippen LogP contribution in [0.2, 0.25) is 0 Å². The lowest BCUT2D eigenvalue weighted by atomic mass is 9.77. The van der Waals surface area contributed by atoms with Gasteiger partial charge in [-0.1, -0.05) is 43.3 Å². The maximum Gasteiger partial charge on any atom is 0.306 e. The summed E-state index contributed by atoms with van der Waals surface area (Å²) < 4.78 is 5.62. The van der Waals surface area contributed by atoms with Crippen molar-refractivity contribution in [2.45, 2.75) is 64.8 Å². The van der Waals surface area contributed by atoms with E-state index in [4.69, 9.17) is 14.6 Å². The van der Waals surface area contributed by atoms with Gasteiger partial charge in [-0.05, 0) is 69.0 Å². The minimum Gasteiger partial charge on any atom is -0.481 e. The van der Waals surface area contributed by atoms with Crippen LogP contribution in [0.15, 0.2) is 28.8 Å². The van der Waals surface area contributed by atoms with Crippen LogP contribution in [0.25, 0.3) is 11.4 Å². The SMILES string of the molecule is CC(C)C1CCC(c2nc(-c3ccc(CN4CCC(C(=O)O)CC4)cc3)no2)CC1. The van der Waals surface area contributed by atoms with E-state index in [9.17, 15) is 4.79 Å². The molecule has 2 aliphatic rings. The van der Waals surface area contributed by atoms with Crippen LogP contribution in [-0.2, 0) is 11.3 Å². The monoisotopic (exact) mass is 411 g/mol. The number of benzene rings is 1. The Labute approximate surface area is 178 Å². The van der Waals surface area contributed by atoms with Crippen molar-refractivity contribution in [2.75, 3.05) is 13.1 Å². The quantitative estimate of drug-likeness (QED) is 0.723. The highest BCUT2D eigenvalue weighted by atomic mass is 16.5. The smallest absolute Gasteiger partial charge is 0.306 e. The molecule has 6 heteroatoms. The Morgan fingerprint density at radius 1 is 1.10 bits per heavy atom. The molecule has 0 radical (unpaired) electrons. The van der Waals surface area contributed by atoms with Gasteiger partial charge in [0.1, 0.15) is 0 Å². The third-order valence-electron chi connectivity index (χ3n) is 7.06. The molecule has 1 saturated carbocycles. The van der Waals surface area contributed by atoms with Gasteiger partial charge in [-0.3, -0.25) is 9.69 Å². The van der Waals surface area contributed by atoms with Crippen LogP contribution in [-0.4, -0.2) is 39.2 Å². The largest absolute Gasteiger partial charge is 0.481 e. The molecule has 1 aliphatic heterocycles. The molecular weight excluding hydrogens is 378 g/mol. The Morgan fingerprint density at radius 2 is 1.77 bits per heavy atom. The number of carboxylic acids is 1. The lowest BCUT2D eigenvalue weighted by molar-refractivity contribution is -0.143. The zero-order chi connectivity index (χ0) is 21.1. The molecule has 0 atom stereocenters. The van der Waals surface area contributed by atoms with Crippen molar-refractivity contribution >= 4 is 5.97 Å². The maximum atomic E-state index is 11.1. The van der Waals surface area contributed by atoms with Crippen LogP contribution >= 0.6 is 0 Å². The van der Waals surface area contributed by atoms with E-state index in [0.717, 1.165) is 68.6 Å². The van der Waals surface area contributed by atoms with Gasteiger partial charge in [-0.2, -0.15) is 4.98 Å². The molecule has 2 fully saturated rings. The number of likely N-dealkylation sites (tertiary alicyclic amines) is 1. The molecule has 4 rings (SSSR count). The first-order valence-electron chi connectivity index (χ1n) is 11.4. The Morgan fingerprint density at radius 3 is 2.37 bits per heavy atom. The fraction of sp³-hybridized carbons (Fsp3) is 0.625. The van der Waals surface area contributed by atoms with Crippen LogP contribution in [0, 0.1) is 17.8 Å². The van der Waals surface area contributed by atoms with Crippen LogP contribution in [0.4, 0.5) is 0 Å². The number of carbonyl (C=O) groups is 1. The number of nitrogens with zero attached hydrogens (tertiary/aromatic N) is 3. The number of hydrogen-bond donors (Lipinski definition) is 1. The number of piperidine rings is 1. The van der Waals surface area contributed by atoms with Gasteiger partial charge in [0.25, 0.3) is 0 Å². The molecule has 2 heterocycles. The summed E-state index contributed by atoms with van der Waals surface area (Å²) in [6, 6.07) is 8.35. The molecule has 162 valence electrons. The Balaban J connectivity index is 1.32. The normalized spacial score (nSPS) is 23.7. The molecule has 1 N–H and O–H groups in total. The summed E-state index contributed by atoms with van der Waals surface area (Å²) in [5.74, 6) is 2.59. The summed E-state index contributed by atoms with van der Waals surface area (Å²) in [7, 11) is 0. The van der Waals surface area contributed by atoms with Crippen LogP contribution in [0.3, 0.4) is 0 Å². The Hall–Kier alpha value is -2.21. The molecule has 2 aromatic rings. The second-order valence-electron chi connectivity index (χ2n) is 9.40. The topological polar surface area (TPSA) is 79.5 Å². The molecule has 1 aromatic carbocycles. The Bertz CT molecular complexity index is 830. The first-order valence-corrected chi connectivity index (χ1v) is 11.4. The molecule has 1 aliphatic carbocycles. The van der Waals surface area contributed by atoms with Crippen molar-refractivity contribution in [3.63, 3.8) is 0 Å². The minimum absolute atomic E-state index is 0.184. The van der Waals surface area contributed by atoms with Crippen molar-refractivity contribution in [3.05, 3.63) is 35.7 Å². The number of hydrogen-bond acceptors (Lipinski definition) is 5. The molecule has 6 nitrogen and oxygen atoms in total. The van der Waals surface area contributed by atoms with E-state index in [-0.39, 0.29) is 5.92 Å². The summed E-state index contributed by atoms with van der Waals surface area (Å²) in [4.78, 5) is 18.1. The van der Waals surface area contributed by atoms with E-state index >= 15 is 0 Å². The van der Waals surface area contributed by atoms with Gasteiger partial charge >= 0.3 is 5.97 Å². The van der Waals surface area contributed by atoms with Crippen molar-refractivity contribution in [2.24, 2.45) is 17.8 Å². The minimum atomic E-state index is -0.661. The zero-order valence-corrected chi connectivity index (χ0v) is 18.1. The molecule has 1 saturated heterocycles. The van der Waals surface area contributed by atoms with Crippen LogP contribution in [0.1, 0.15) is 69.7 Å². The Kier molecular flexibility index (Phi) is 6.52. The van der Waals surface area contributed by atoms with E-state index in [1.807, 2.05) is 0 Å². The van der Waals surface area contributed by atoms with E-state index in [0.29, 0.717) is 11.7 Å². The summed E-state index contributed by atoms with van der Waals surface area (Å²) in [5.41, 5.74) is 2.21. The first kappa shape index (κ1) is 21.0. The summed E-state index contributed by atoms with van der Waals surface area (Å²) in [5, 5.41) is 13.4. The fourth-order valence-electron chi connectivity index (χ4n) is 4.91. The van der Waals surface area contributed by atoms with Crippen molar-refractivity contribution < 1.29 is 14.4 Å². The molecule has 0 amide bonds. The highest BCUT2D eigenvalue weighted by molar-refractivity contribution is 5.70. The van der Waals surface area contributed by atoms with Crippen molar-refractivity contribution in [1.29, 1.82) is 0 Å². The van der Waals surface area contributed by atoms with Gasteiger partial charge in [0.2, 0.25) is 11.7 Å². The average molecular weight is 412 g/mol. The van der Waals surface area contributed by atoms with Gasteiger partial charge in [-0.25, -0.2) is 0 Å².